The van der Waals surface area contributed by atoms with Gasteiger partial charge in [0.1, 0.15) is 0 Å². The van der Waals surface area contributed by atoms with Crippen LogP contribution in [0.1, 0.15) is 26.2 Å². The maximum Gasteiger partial charge on any atom is 0.0989 e. The Kier molecular flexibility index (Phi) is 2.35. The van der Waals surface area contributed by atoms with Gasteiger partial charge >= 0.3 is 0 Å². The van der Waals surface area contributed by atoms with Gasteiger partial charge in [0.2, 0.25) is 0 Å². The highest BCUT2D eigenvalue weighted by atomic mass is 32.2. The topological polar surface area (TPSA) is 9.23 Å². The van der Waals surface area contributed by atoms with Crippen LogP contribution in [0.25, 0.3) is 0 Å². The van der Waals surface area contributed by atoms with E-state index in [1.54, 1.807) is 6.26 Å². The average molecular weight is 184 g/mol. The number of hydrogen-bond acceptors (Lipinski definition) is 2. The molecule has 0 amide bonds. The number of fused-ring (bicyclic) bond motifs is 2. The van der Waals surface area contributed by atoms with E-state index in [1.165, 1.54) is 19.3 Å². The summed E-state index contributed by atoms with van der Waals surface area (Å²) in [4.78, 5) is 0. The second-order valence-electron chi connectivity index (χ2n) is 3.78. The van der Waals surface area contributed by atoms with Crippen LogP contribution in [0.4, 0.5) is 0 Å². The fourth-order valence-electron chi connectivity index (χ4n) is 2.42. The fraction of sp³-hybridized carbons (Fsp3) is 0.800. The predicted octanol–water partition coefficient (Wildman–Crippen LogP) is 2.82. The normalized spacial score (nSPS) is 41.2. The number of hydrogen-bond donors (Lipinski definition) is 0. The van der Waals surface area contributed by atoms with Crippen molar-refractivity contribution in [1.82, 2.24) is 0 Å². The van der Waals surface area contributed by atoms with Crippen LogP contribution in [0.3, 0.4) is 0 Å². The van der Waals surface area contributed by atoms with Crippen molar-refractivity contribution in [2.75, 3.05) is 0 Å². The molecule has 0 N–H and O–H groups in total. The van der Waals surface area contributed by atoms with Crippen molar-refractivity contribution in [1.29, 1.82) is 0 Å². The van der Waals surface area contributed by atoms with Gasteiger partial charge in [0.15, 0.2) is 0 Å². The number of thioether (sulfide) groups is 1. The van der Waals surface area contributed by atoms with Gasteiger partial charge in [-0.05, 0) is 26.2 Å². The Balaban J connectivity index is 1.92. The van der Waals surface area contributed by atoms with Gasteiger partial charge in [-0.15, -0.1) is 0 Å². The molecule has 1 nitrogen and oxygen atoms in total. The summed E-state index contributed by atoms with van der Waals surface area (Å²) in [5.74, 6) is 0.784. The summed E-state index contributed by atoms with van der Waals surface area (Å²) in [6.07, 6.45) is 6.17. The van der Waals surface area contributed by atoms with Crippen molar-refractivity contribution in [3.05, 3.63) is 12.8 Å². The molecule has 4 unspecified atom stereocenters. The van der Waals surface area contributed by atoms with Crippen LogP contribution in [0.15, 0.2) is 12.8 Å². The lowest BCUT2D eigenvalue weighted by atomic mass is 9.86. The largest absolute Gasteiger partial charge is 0.499 e. The summed E-state index contributed by atoms with van der Waals surface area (Å²) >= 11 is 2.18. The van der Waals surface area contributed by atoms with E-state index in [1.807, 2.05) is 0 Å². The lowest BCUT2D eigenvalue weighted by Crippen LogP contribution is -2.27. The standard InChI is InChI=1S/C10H16OS/c1-3-11-7(2)9-6-8-4-5-10(9)12-8/h3,7-10H,1,4-6H2,2H3. The zero-order chi connectivity index (χ0) is 8.55. The molecular formula is C10H16OS. The van der Waals surface area contributed by atoms with E-state index >= 15 is 0 Å². The molecule has 0 aromatic carbocycles. The molecule has 0 radical (unpaired) electrons. The highest BCUT2D eigenvalue weighted by Gasteiger charge is 2.43. The maximum atomic E-state index is 5.43. The minimum atomic E-state index is 0.380. The SMILES string of the molecule is C=COC(C)C1CC2CCC1S2. The lowest BCUT2D eigenvalue weighted by molar-refractivity contribution is 0.0930. The van der Waals surface area contributed by atoms with Crippen molar-refractivity contribution >= 4 is 11.8 Å². The average Bonchev–Trinajstić information content (AvgIpc) is 2.64. The molecular weight excluding hydrogens is 168 g/mol. The second kappa shape index (κ2) is 3.33. The Hall–Kier alpha value is -0.110. The number of ether oxygens (including phenoxy) is 1. The van der Waals surface area contributed by atoms with E-state index in [2.05, 4.69) is 25.3 Å². The Bertz CT molecular complexity index is 181. The highest BCUT2D eigenvalue weighted by molar-refractivity contribution is 8.01. The van der Waals surface area contributed by atoms with Gasteiger partial charge in [-0.25, -0.2) is 0 Å². The molecule has 2 saturated heterocycles. The van der Waals surface area contributed by atoms with Crippen LogP contribution in [-0.4, -0.2) is 16.6 Å². The van der Waals surface area contributed by atoms with Crippen molar-refractivity contribution in [2.45, 2.75) is 42.8 Å². The first-order valence-corrected chi connectivity index (χ1v) is 5.67. The third kappa shape index (κ3) is 1.37. The smallest absolute Gasteiger partial charge is 0.0989 e. The molecule has 12 heavy (non-hydrogen) atoms. The molecule has 2 aliphatic heterocycles. The molecule has 0 aromatic heterocycles. The van der Waals surface area contributed by atoms with Crippen LogP contribution < -0.4 is 0 Å². The molecule has 0 aromatic rings. The molecule has 0 spiro atoms. The minimum Gasteiger partial charge on any atom is -0.499 e. The van der Waals surface area contributed by atoms with Gasteiger partial charge in [0.05, 0.1) is 12.4 Å². The molecule has 0 saturated carbocycles. The van der Waals surface area contributed by atoms with Gasteiger partial charge in [0, 0.05) is 16.4 Å². The summed E-state index contributed by atoms with van der Waals surface area (Å²) < 4.78 is 5.43. The zero-order valence-corrected chi connectivity index (χ0v) is 8.35. The van der Waals surface area contributed by atoms with Gasteiger partial charge in [-0.3, -0.25) is 0 Å². The molecule has 2 heterocycles. The molecule has 2 heteroatoms. The summed E-state index contributed by atoms with van der Waals surface area (Å²) in [5.41, 5.74) is 0. The van der Waals surface area contributed by atoms with Crippen LogP contribution in [0, 0.1) is 5.92 Å². The van der Waals surface area contributed by atoms with Crippen LogP contribution in [0.2, 0.25) is 0 Å². The first-order chi connectivity index (χ1) is 5.81. The highest BCUT2D eigenvalue weighted by Crippen LogP contribution is 2.50. The lowest BCUT2D eigenvalue weighted by Gasteiger charge is -2.25. The monoisotopic (exact) mass is 184 g/mol. The van der Waals surface area contributed by atoms with Gasteiger partial charge in [0.25, 0.3) is 0 Å². The third-order valence-corrected chi connectivity index (χ3v) is 4.81. The Morgan fingerprint density at radius 2 is 2.42 bits per heavy atom. The van der Waals surface area contributed by atoms with Gasteiger partial charge in [-0.2, -0.15) is 11.8 Å². The van der Waals surface area contributed by atoms with E-state index in [0.29, 0.717) is 6.10 Å². The van der Waals surface area contributed by atoms with Crippen LogP contribution >= 0.6 is 11.8 Å². The summed E-state index contributed by atoms with van der Waals surface area (Å²) in [7, 11) is 0. The van der Waals surface area contributed by atoms with Crippen molar-refractivity contribution in [3.8, 4) is 0 Å². The van der Waals surface area contributed by atoms with Gasteiger partial charge < -0.3 is 4.74 Å². The second-order valence-corrected chi connectivity index (χ2v) is 5.33. The van der Waals surface area contributed by atoms with Crippen molar-refractivity contribution < 1.29 is 4.74 Å². The molecule has 2 fully saturated rings. The Labute approximate surface area is 78.6 Å². The zero-order valence-electron chi connectivity index (χ0n) is 7.53. The van der Waals surface area contributed by atoms with Crippen LogP contribution in [-0.2, 0) is 4.74 Å². The Morgan fingerprint density at radius 1 is 1.58 bits per heavy atom. The fourth-order valence-corrected chi connectivity index (χ4v) is 4.33. The van der Waals surface area contributed by atoms with E-state index in [0.717, 1.165) is 16.4 Å². The number of rotatable bonds is 3. The van der Waals surface area contributed by atoms with Gasteiger partial charge in [-0.1, -0.05) is 6.58 Å². The van der Waals surface area contributed by atoms with Crippen molar-refractivity contribution in [3.63, 3.8) is 0 Å². The quantitative estimate of drug-likeness (QED) is 0.624. The summed E-state index contributed by atoms with van der Waals surface area (Å²) in [6.45, 7) is 5.78. The van der Waals surface area contributed by atoms with E-state index in [-0.39, 0.29) is 0 Å². The minimum absolute atomic E-state index is 0.380. The molecule has 68 valence electrons. The molecule has 2 aliphatic rings. The van der Waals surface area contributed by atoms with E-state index < -0.39 is 0 Å². The molecule has 2 bridgehead atoms. The van der Waals surface area contributed by atoms with Crippen molar-refractivity contribution in [2.24, 2.45) is 5.92 Å². The molecule has 2 rings (SSSR count). The predicted molar refractivity (Wildman–Crippen MR) is 53.3 cm³/mol. The molecule has 4 atom stereocenters. The van der Waals surface area contributed by atoms with E-state index in [4.69, 9.17) is 4.74 Å². The molecule has 0 aliphatic carbocycles. The summed E-state index contributed by atoms with van der Waals surface area (Å²) in [6, 6.07) is 0. The first-order valence-electron chi connectivity index (χ1n) is 4.73. The van der Waals surface area contributed by atoms with Crippen LogP contribution in [0.5, 0.6) is 0 Å². The van der Waals surface area contributed by atoms with E-state index in [9.17, 15) is 0 Å². The maximum absolute atomic E-state index is 5.43. The first kappa shape index (κ1) is 8.49. The Morgan fingerprint density at radius 3 is 2.92 bits per heavy atom. The third-order valence-electron chi connectivity index (χ3n) is 3.07. The summed E-state index contributed by atoms with van der Waals surface area (Å²) in [5, 5.41) is 1.82.